The van der Waals surface area contributed by atoms with E-state index in [0.717, 1.165) is 35.2 Å². The highest BCUT2D eigenvalue weighted by molar-refractivity contribution is 6.37. The van der Waals surface area contributed by atoms with Crippen LogP contribution in [0.15, 0.2) is 48.5 Å². The van der Waals surface area contributed by atoms with Crippen LogP contribution in [0.2, 0.25) is 0 Å². The van der Waals surface area contributed by atoms with Crippen LogP contribution in [0.5, 0.6) is 0 Å². The lowest BCUT2D eigenvalue weighted by atomic mass is 9.91. The largest absolute Gasteiger partial charge is 0.478 e. The number of benzene rings is 3. The predicted octanol–water partition coefficient (Wildman–Crippen LogP) is 3.16. The van der Waals surface area contributed by atoms with E-state index in [1.54, 1.807) is 0 Å². The summed E-state index contributed by atoms with van der Waals surface area (Å²) in [6.07, 6.45) is 0. The smallest absolute Gasteiger partial charge is 0.335 e. The number of aromatic carboxylic acids is 1. The standard InChI is InChI=1S/C19H9N3O8/c23-17-11-4-6-13(21(27)28)16-14(22(29)30)7-5-12(15(11)16)18(24)20(17)10-3-1-2-9(8-10)19(25)26/h1-8H,(H,25,26). The lowest BCUT2D eigenvalue weighted by Gasteiger charge is -2.27. The average Bonchev–Trinajstić information content (AvgIpc) is 2.71. The number of nitro groups is 2. The Kier molecular flexibility index (Phi) is 4.01. The van der Waals surface area contributed by atoms with E-state index in [0.29, 0.717) is 0 Å². The number of anilines is 1. The molecule has 0 fully saturated rings. The number of amides is 2. The molecule has 3 aromatic rings. The predicted molar refractivity (Wildman–Crippen MR) is 102 cm³/mol. The highest BCUT2D eigenvalue weighted by atomic mass is 16.6. The summed E-state index contributed by atoms with van der Waals surface area (Å²) in [6, 6.07) is 9.32. The summed E-state index contributed by atoms with van der Waals surface area (Å²) in [5.41, 5.74) is -1.67. The fraction of sp³-hybridized carbons (Fsp3) is 0. The van der Waals surface area contributed by atoms with Gasteiger partial charge >= 0.3 is 5.97 Å². The SMILES string of the molecule is O=C(O)c1cccc(N2C(=O)c3ccc([N+](=O)[O-])c4c([N+](=O)[O-])ccc(c34)C2=O)c1. The number of non-ortho nitro benzene ring substituents is 2. The number of nitro benzene ring substituents is 2. The van der Waals surface area contributed by atoms with Gasteiger partial charge in [0.05, 0.1) is 21.1 Å². The van der Waals surface area contributed by atoms with Crippen LogP contribution in [0.25, 0.3) is 10.8 Å². The third-order valence-corrected chi connectivity index (χ3v) is 4.73. The summed E-state index contributed by atoms with van der Waals surface area (Å²) in [4.78, 5) is 59.3. The molecule has 4 rings (SSSR count). The van der Waals surface area contributed by atoms with Gasteiger partial charge in [-0.2, -0.15) is 0 Å². The summed E-state index contributed by atoms with van der Waals surface area (Å²) in [5.74, 6) is -3.02. The third-order valence-electron chi connectivity index (χ3n) is 4.73. The molecule has 0 saturated heterocycles. The van der Waals surface area contributed by atoms with Crippen molar-refractivity contribution in [1.29, 1.82) is 0 Å². The summed E-state index contributed by atoms with van der Waals surface area (Å²) >= 11 is 0. The molecule has 1 N–H and O–H groups in total. The number of nitrogens with zero attached hydrogens (tertiary/aromatic N) is 3. The Labute approximate surface area is 166 Å². The zero-order valence-corrected chi connectivity index (χ0v) is 14.8. The molecule has 11 heteroatoms. The number of rotatable bonds is 4. The molecule has 1 heterocycles. The summed E-state index contributed by atoms with van der Waals surface area (Å²) in [5, 5.41) is 31.4. The van der Waals surface area contributed by atoms with Crippen molar-refractivity contribution >= 4 is 45.6 Å². The van der Waals surface area contributed by atoms with E-state index >= 15 is 0 Å². The zero-order chi connectivity index (χ0) is 21.7. The fourth-order valence-corrected chi connectivity index (χ4v) is 3.47. The fourth-order valence-electron chi connectivity index (χ4n) is 3.47. The minimum atomic E-state index is -1.26. The Morgan fingerprint density at radius 2 is 1.37 bits per heavy atom. The zero-order valence-electron chi connectivity index (χ0n) is 14.8. The lowest BCUT2D eigenvalue weighted by molar-refractivity contribution is -0.390. The maximum atomic E-state index is 13.1. The molecule has 2 amide bonds. The third kappa shape index (κ3) is 2.57. The molecule has 30 heavy (non-hydrogen) atoms. The van der Waals surface area contributed by atoms with Crippen LogP contribution in [0.4, 0.5) is 17.1 Å². The highest BCUT2D eigenvalue weighted by Gasteiger charge is 2.38. The Morgan fingerprint density at radius 1 is 0.833 bits per heavy atom. The molecule has 0 spiro atoms. The highest BCUT2D eigenvalue weighted by Crippen LogP contribution is 2.41. The van der Waals surface area contributed by atoms with Crippen molar-refractivity contribution in [3.63, 3.8) is 0 Å². The Hall–Kier alpha value is -4.67. The van der Waals surface area contributed by atoms with Gasteiger partial charge in [-0.15, -0.1) is 0 Å². The number of carboxylic acid groups (broad SMARTS) is 1. The van der Waals surface area contributed by atoms with Crippen molar-refractivity contribution in [1.82, 2.24) is 0 Å². The number of imide groups is 1. The first-order valence-corrected chi connectivity index (χ1v) is 8.33. The molecule has 0 bridgehead atoms. The first kappa shape index (κ1) is 18.7. The van der Waals surface area contributed by atoms with Crippen LogP contribution in [-0.4, -0.2) is 32.7 Å². The molecular formula is C19H9N3O8. The van der Waals surface area contributed by atoms with Gasteiger partial charge in [-0.1, -0.05) is 6.07 Å². The van der Waals surface area contributed by atoms with Gasteiger partial charge in [-0.05, 0) is 30.3 Å². The molecule has 0 unspecified atom stereocenters. The van der Waals surface area contributed by atoms with E-state index in [1.165, 1.54) is 18.2 Å². The van der Waals surface area contributed by atoms with Crippen LogP contribution in [-0.2, 0) is 0 Å². The molecule has 3 aromatic carbocycles. The molecule has 1 aliphatic heterocycles. The first-order chi connectivity index (χ1) is 14.2. The van der Waals surface area contributed by atoms with Crippen molar-refractivity contribution < 1.29 is 29.3 Å². The van der Waals surface area contributed by atoms with Gasteiger partial charge < -0.3 is 5.11 Å². The van der Waals surface area contributed by atoms with Crippen LogP contribution in [0, 0.1) is 20.2 Å². The van der Waals surface area contributed by atoms with Crippen molar-refractivity contribution in [2.75, 3.05) is 4.90 Å². The van der Waals surface area contributed by atoms with Gasteiger partial charge in [0.1, 0.15) is 5.39 Å². The van der Waals surface area contributed by atoms with Gasteiger partial charge in [0.2, 0.25) is 0 Å². The first-order valence-electron chi connectivity index (χ1n) is 8.33. The van der Waals surface area contributed by atoms with Gasteiger partial charge in [0.25, 0.3) is 23.2 Å². The second-order valence-corrected chi connectivity index (χ2v) is 6.33. The van der Waals surface area contributed by atoms with Crippen LogP contribution in [0.1, 0.15) is 31.1 Å². The summed E-state index contributed by atoms with van der Waals surface area (Å²) in [6.45, 7) is 0. The normalized spacial score (nSPS) is 12.9. The second kappa shape index (κ2) is 6.44. The summed E-state index contributed by atoms with van der Waals surface area (Å²) < 4.78 is 0. The van der Waals surface area contributed by atoms with Crippen molar-refractivity contribution in [3.8, 4) is 0 Å². The molecule has 1 aliphatic rings. The molecule has 11 nitrogen and oxygen atoms in total. The second-order valence-electron chi connectivity index (χ2n) is 6.33. The van der Waals surface area contributed by atoms with E-state index in [2.05, 4.69) is 0 Å². The van der Waals surface area contributed by atoms with E-state index in [9.17, 15) is 34.6 Å². The monoisotopic (exact) mass is 407 g/mol. The van der Waals surface area contributed by atoms with Crippen LogP contribution in [0.3, 0.4) is 0 Å². The average molecular weight is 407 g/mol. The molecule has 0 aliphatic carbocycles. The number of hydrogen-bond donors (Lipinski definition) is 1. The quantitative estimate of drug-likeness (QED) is 0.392. The topological polar surface area (TPSA) is 161 Å². The molecule has 0 saturated carbocycles. The van der Waals surface area contributed by atoms with E-state index in [-0.39, 0.29) is 27.8 Å². The molecule has 0 aromatic heterocycles. The van der Waals surface area contributed by atoms with E-state index < -0.39 is 44.4 Å². The number of carbonyl (C=O) groups is 3. The van der Waals surface area contributed by atoms with Crippen LogP contribution >= 0.6 is 0 Å². The number of hydrogen-bond acceptors (Lipinski definition) is 7. The van der Waals surface area contributed by atoms with E-state index in [1.807, 2.05) is 0 Å². The number of carbonyl (C=O) groups excluding carboxylic acids is 2. The van der Waals surface area contributed by atoms with E-state index in [4.69, 9.17) is 5.11 Å². The van der Waals surface area contributed by atoms with Gasteiger partial charge in [0, 0.05) is 28.6 Å². The maximum Gasteiger partial charge on any atom is 0.335 e. The number of carboxylic acids is 1. The van der Waals surface area contributed by atoms with Crippen LogP contribution < -0.4 is 4.90 Å². The van der Waals surface area contributed by atoms with Gasteiger partial charge in [-0.3, -0.25) is 29.8 Å². The minimum absolute atomic E-state index is 0.0135. The van der Waals surface area contributed by atoms with Crippen molar-refractivity contribution in [2.45, 2.75) is 0 Å². The van der Waals surface area contributed by atoms with Crippen molar-refractivity contribution in [2.24, 2.45) is 0 Å². The Bertz CT molecular complexity index is 1260. The summed E-state index contributed by atoms with van der Waals surface area (Å²) in [7, 11) is 0. The van der Waals surface area contributed by atoms with Gasteiger partial charge in [0.15, 0.2) is 0 Å². The van der Waals surface area contributed by atoms with Gasteiger partial charge in [-0.25, -0.2) is 9.69 Å². The lowest BCUT2D eigenvalue weighted by Crippen LogP contribution is -2.40. The van der Waals surface area contributed by atoms with Crippen molar-refractivity contribution in [3.05, 3.63) is 85.4 Å². The maximum absolute atomic E-state index is 13.1. The Balaban J connectivity index is 2.03. The Morgan fingerprint density at radius 3 is 1.83 bits per heavy atom. The molecule has 148 valence electrons. The molecule has 0 radical (unpaired) electrons. The molecule has 0 atom stereocenters. The minimum Gasteiger partial charge on any atom is -0.478 e. The molecular weight excluding hydrogens is 398 g/mol.